The molecule has 0 amide bonds. The first kappa shape index (κ1) is 17.2. The van der Waals surface area contributed by atoms with Crippen molar-refractivity contribution >= 4 is 39.9 Å². The van der Waals surface area contributed by atoms with Crippen molar-refractivity contribution in [1.29, 1.82) is 0 Å². The summed E-state index contributed by atoms with van der Waals surface area (Å²) < 4.78 is 7.15. The maximum Gasteiger partial charge on any atom is 0.237 e. The van der Waals surface area contributed by atoms with Crippen LogP contribution in [-0.2, 0) is 5.75 Å². The van der Waals surface area contributed by atoms with Crippen LogP contribution in [0.25, 0.3) is 27.9 Å². The molecule has 138 valence electrons. The average Bonchev–Trinajstić information content (AvgIpc) is 3.33. The molecule has 2 aromatic carbocycles. The van der Waals surface area contributed by atoms with Crippen molar-refractivity contribution in [1.82, 2.24) is 29.7 Å². The molecule has 0 saturated heterocycles. The van der Waals surface area contributed by atoms with E-state index < -0.39 is 0 Å². The summed E-state index contributed by atoms with van der Waals surface area (Å²) in [7, 11) is 0. The molecule has 28 heavy (non-hydrogen) atoms. The summed E-state index contributed by atoms with van der Waals surface area (Å²) in [5, 5.41) is 10.9. The number of hydrogen-bond acceptors (Lipinski definition) is 7. The standard InChI is InChI=1S/C19H13ClN6OS/c1-11-21-18-14-4-2-3-5-15(14)22-19(26(18)24-11)28-10-16-23-17(25-27-16)12-6-8-13(20)9-7-12/h2-9H,10H2,1H3. The van der Waals surface area contributed by atoms with Crippen LogP contribution in [0, 0.1) is 6.92 Å². The highest BCUT2D eigenvalue weighted by molar-refractivity contribution is 7.98. The number of nitrogens with zero attached hydrogens (tertiary/aromatic N) is 6. The molecule has 0 atom stereocenters. The Kier molecular flexibility index (Phi) is 4.22. The molecule has 0 aliphatic rings. The number of aryl methyl sites for hydroxylation is 1. The maximum absolute atomic E-state index is 5.92. The lowest BCUT2D eigenvalue weighted by atomic mass is 10.2. The fourth-order valence-electron chi connectivity index (χ4n) is 2.88. The molecule has 0 bridgehead atoms. The Hall–Kier alpha value is -2.97. The van der Waals surface area contributed by atoms with E-state index in [1.54, 1.807) is 16.6 Å². The van der Waals surface area contributed by atoms with Gasteiger partial charge in [-0.2, -0.15) is 9.50 Å². The molecule has 0 radical (unpaired) electrons. The average molecular weight is 409 g/mol. The normalized spacial score (nSPS) is 11.5. The minimum absolute atomic E-state index is 0.472. The van der Waals surface area contributed by atoms with Crippen molar-refractivity contribution in [3.05, 3.63) is 65.3 Å². The minimum atomic E-state index is 0.472. The molecule has 5 rings (SSSR count). The summed E-state index contributed by atoms with van der Waals surface area (Å²) in [5.74, 6) is 2.21. The van der Waals surface area contributed by atoms with Gasteiger partial charge in [-0.3, -0.25) is 0 Å². The lowest BCUT2D eigenvalue weighted by Gasteiger charge is -2.04. The van der Waals surface area contributed by atoms with Crippen LogP contribution in [0.15, 0.2) is 58.2 Å². The second kappa shape index (κ2) is 6.88. The van der Waals surface area contributed by atoms with Crippen LogP contribution in [0.2, 0.25) is 5.02 Å². The largest absolute Gasteiger partial charge is 0.338 e. The zero-order valence-corrected chi connectivity index (χ0v) is 16.3. The Morgan fingerprint density at radius 2 is 1.86 bits per heavy atom. The van der Waals surface area contributed by atoms with E-state index >= 15 is 0 Å². The lowest BCUT2D eigenvalue weighted by molar-refractivity contribution is 0.391. The van der Waals surface area contributed by atoms with Gasteiger partial charge in [0.1, 0.15) is 5.82 Å². The zero-order chi connectivity index (χ0) is 19.1. The van der Waals surface area contributed by atoms with Gasteiger partial charge in [-0.1, -0.05) is 40.7 Å². The van der Waals surface area contributed by atoms with E-state index in [0.717, 1.165) is 27.3 Å². The first-order chi connectivity index (χ1) is 13.7. The third-order valence-electron chi connectivity index (χ3n) is 4.15. The van der Waals surface area contributed by atoms with Crippen LogP contribution in [0.1, 0.15) is 11.7 Å². The van der Waals surface area contributed by atoms with E-state index in [1.165, 1.54) is 11.8 Å². The molecular formula is C19H13ClN6OS. The third-order valence-corrected chi connectivity index (χ3v) is 5.32. The molecule has 3 heterocycles. The lowest BCUT2D eigenvalue weighted by Crippen LogP contribution is -1.98. The fourth-order valence-corrected chi connectivity index (χ4v) is 3.79. The van der Waals surface area contributed by atoms with E-state index in [2.05, 4.69) is 20.2 Å². The maximum atomic E-state index is 5.92. The highest BCUT2D eigenvalue weighted by Crippen LogP contribution is 2.27. The van der Waals surface area contributed by atoms with E-state index in [0.29, 0.717) is 28.3 Å². The highest BCUT2D eigenvalue weighted by Gasteiger charge is 2.14. The summed E-state index contributed by atoms with van der Waals surface area (Å²) in [6.07, 6.45) is 0. The molecule has 3 aromatic heterocycles. The van der Waals surface area contributed by atoms with Crippen LogP contribution in [0.3, 0.4) is 0 Å². The van der Waals surface area contributed by atoms with E-state index in [1.807, 2.05) is 43.3 Å². The Balaban J connectivity index is 1.45. The molecule has 0 saturated carbocycles. The number of thioether (sulfide) groups is 1. The van der Waals surface area contributed by atoms with E-state index in [4.69, 9.17) is 21.1 Å². The summed E-state index contributed by atoms with van der Waals surface area (Å²) in [4.78, 5) is 13.7. The number of fused-ring (bicyclic) bond motifs is 3. The SMILES string of the molecule is Cc1nc2c3ccccc3nc(SCc3nc(-c4ccc(Cl)cc4)no3)n2n1. The quantitative estimate of drug-likeness (QED) is 0.318. The first-order valence-electron chi connectivity index (χ1n) is 8.51. The summed E-state index contributed by atoms with van der Waals surface area (Å²) in [6, 6.07) is 15.2. The Labute approximate surface area is 168 Å². The molecule has 0 fully saturated rings. The van der Waals surface area contributed by atoms with E-state index in [9.17, 15) is 0 Å². The van der Waals surface area contributed by atoms with Crippen molar-refractivity contribution in [2.75, 3.05) is 0 Å². The van der Waals surface area contributed by atoms with Gasteiger partial charge in [0.05, 0.1) is 11.3 Å². The van der Waals surface area contributed by atoms with Gasteiger partial charge in [0, 0.05) is 16.0 Å². The summed E-state index contributed by atoms with van der Waals surface area (Å²) in [6.45, 7) is 1.87. The molecule has 0 aliphatic carbocycles. The van der Waals surface area contributed by atoms with Crippen LogP contribution in [0.5, 0.6) is 0 Å². The van der Waals surface area contributed by atoms with Gasteiger partial charge < -0.3 is 4.52 Å². The topological polar surface area (TPSA) is 82.0 Å². The number of halogens is 1. The number of rotatable bonds is 4. The van der Waals surface area contributed by atoms with Crippen molar-refractivity contribution < 1.29 is 4.52 Å². The number of hydrogen-bond donors (Lipinski definition) is 0. The van der Waals surface area contributed by atoms with Crippen LogP contribution < -0.4 is 0 Å². The first-order valence-corrected chi connectivity index (χ1v) is 9.87. The van der Waals surface area contributed by atoms with Gasteiger partial charge in [-0.05, 0) is 43.3 Å². The molecule has 7 nitrogen and oxygen atoms in total. The molecule has 0 N–H and O–H groups in total. The zero-order valence-electron chi connectivity index (χ0n) is 14.7. The van der Waals surface area contributed by atoms with Crippen LogP contribution in [-0.4, -0.2) is 29.7 Å². The van der Waals surface area contributed by atoms with Gasteiger partial charge >= 0.3 is 0 Å². The van der Waals surface area contributed by atoms with Gasteiger partial charge in [0.25, 0.3) is 0 Å². The van der Waals surface area contributed by atoms with Gasteiger partial charge in [-0.15, -0.1) is 5.10 Å². The van der Waals surface area contributed by atoms with Crippen LogP contribution in [0.4, 0.5) is 0 Å². The highest BCUT2D eigenvalue weighted by atomic mass is 35.5. The molecule has 5 aromatic rings. The van der Waals surface area contributed by atoms with Gasteiger partial charge in [0.2, 0.25) is 11.7 Å². The number of para-hydroxylation sites is 1. The molecular weight excluding hydrogens is 396 g/mol. The Morgan fingerprint density at radius 1 is 1.04 bits per heavy atom. The van der Waals surface area contributed by atoms with E-state index in [-0.39, 0.29) is 0 Å². The van der Waals surface area contributed by atoms with Crippen molar-refractivity contribution in [2.45, 2.75) is 17.8 Å². The number of aromatic nitrogens is 6. The fraction of sp³-hybridized carbons (Fsp3) is 0.105. The Morgan fingerprint density at radius 3 is 2.71 bits per heavy atom. The molecule has 0 unspecified atom stereocenters. The number of benzene rings is 2. The van der Waals surface area contributed by atoms with Crippen molar-refractivity contribution in [3.8, 4) is 11.4 Å². The molecule has 0 spiro atoms. The minimum Gasteiger partial charge on any atom is -0.338 e. The molecule has 0 aliphatic heterocycles. The predicted molar refractivity (Wildman–Crippen MR) is 107 cm³/mol. The predicted octanol–water partition coefficient (Wildman–Crippen LogP) is 4.58. The van der Waals surface area contributed by atoms with Gasteiger partial charge in [0.15, 0.2) is 10.8 Å². The summed E-state index contributed by atoms with van der Waals surface area (Å²) >= 11 is 7.40. The van der Waals surface area contributed by atoms with Crippen LogP contribution >= 0.6 is 23.4 Å². The second-order valence-corrected chi connectivity index (χ2v) is 7.49. The van der Waals surface area contributed by atoms with Crippen molar-refractivity contribution in [2.24, 2.45) is 0 Å². The molecule has 9 heteroatoms. The smallest absolute Gasteiger partial charge is 0.237 e. The summed E-state index contributed by atoms with van der Waals surface area (Å²) in [5.41, 5.74) is 2.51. The monoisotopic (exact) mass is 408 g/mol. The van der Waals surface area contributed by atoms with Crippen molar-refractivity contribution in [3.63, 3.8) is 0 Å². The van der Waals surface area contributed by atoms with Gasteiger partial charge in [-0.25, -0.2) is 9.97 Å². The third kappa shape index (κ3) is 3.10. The Bertz CT molecular complexity index is 1300. The second-order valence-electron chi connectivity index (χ2n) is 6.11.